The van der Waals surface area contributed by atoms with Gasteiger partial charge in [0, 0.05) is 29.7 Å². The maximum Gasteiger partial charge on any atom is 0.251 e. The third-order valence-electron chi connectivity index (χ3n) is 3.31. The van der Waals surface area contributed by atoms with Crippen LogP contribution in [0.25, 0.3) is 0 Å². The largest absolute Gasteiger partial charge is 0.508 e. The summed E-state index contributed by atoms with van der Waals surface area (Å²) < 4.78 is 5.11. The number of benzene rings is 1. The summed E-state index contributed by atoms with van der Waals surface area (Å²) in [6.45, 7) is 6.06. The zero-order valence-corrected chi connectivity index (χ0v) is 12.2. The van der Waals surface area contributed by atoms with Gasteiger partial charge < -0.3 is 20.1 Å². The summed E-state index contributed by atoms with van der Waals surface area (Å²) in [5.41, 5.74) is 2.00. The number of nitrogens with one attached hydrogen (secondary N) is 1. The van der Waals surface area contributed by atoms with Crippen molar-refractivity contribution in [1.29, 1.82) is 0 Å². The van der Waals surface area contributed by atoms with E-state index in [-0.39, 0.29) is 28.9 Å². The fourth-order valence-electron chi connectivity index (χ4n) is 2.37. The monoisotopic (exact) mass is 290 g/mol. The molecule has 0 aliphatic rings. The molecule has 6 nitrogen and oxygen atoms in total. The smallest absolute Gasteiger partial charge is 0.251 e. The Morgan fingerprint density at radius 2 is 1.90 bits per heavy atom. The molecule has 2 rings (SSSR count). The van der Waals surface area contributed by atoms with Gasteiger partial charge in [0.25, 0.3) is 5.91 Å². The molecule has 3 N–H and O–H groups in total. The average Bonchev–Trinajstić information content (AvgIpc) is 2.74. The number of amides is 1. The van der Waals surface area contributed by atoms with Crippen molar-refractivity contribution in [1.82, 2.24) is 10.5 Å². The van der Waals surface area contributed by atoms with Gasteiger partial charge >= 0.3 is 0 Å². The lowest BCUT2D eigenvalue weighted by molar-refractivity contribution is 0.0950. The van der Waals surface area contributed by atoms with Crippen LogP contribution in [0.3, 0.4) is 0 Å². The molecule has 1 amide bonds. The Morgan fingerprint density at radius 3 is 2.43 bits per heavy atom. The molecule has 0 saturated heterocycles. The Hall–Kier alpha value is -2.50. The predicted molar refractivity (Wildman–Crippen MR) is 76.5 cm³/mol. The van der Waals surface area contributed by atoms with E-state index >= 15 is 0 Å². The third-order valence-corrected chi connectivity index (χ3v) is 3.31. The lowest BCUT2D eigenvalue weighted by atomic mass is 9.99. The van der Waals surface area contributed by atoms with E-state index < -0.39 is 0 Å². The maximum absolute atomic E-state index is 12.0. The van der Waals surface area contributed by atoms with Crippen molar-refractivity contribution in [3.63, 3.8) is 0 Å². The van der Waals surface area contributed by atoms with Crippen LogP contribution in [0, 0.1) is 13.8 Å². The molecular weight excluding hydrogens is 272 g/mol. The van der Waals surface area contributed by atoms with Gasteiger partial charge in [0.2, 0.25) is 0 Å². The van der Waals surface area contributed by atoms with Crippen LogP contribution < -0.4 is 5.32 Å². The van der Waals surface area contributed by atoms with Crippen molar-refractivity contribution in [2.75, 3.05) is 6.54 Å². The molecule has 112 valence electrons. The van der Waals surface area contributed by atoms with Crippen LogP contribution in [-0.4, -0.2) is 27.8 Å². The Morgan fingerprint density at radius 1 is 1.29 bits per heavy atom. The maximum atomic E-state index is 12.0. The number of aryl methyl sites for hydroxylation is 2. The van der Waals surface area contributed by atoms with Crippen LogP contribution >= 0.6 is 0 Å². The van der Waals surface area contributed by atoms with Gasteiger partial charge in [0.15, 0.2) is 0 Å². The minimum Gasteiger partial charge on any atom is -0.508 e. The lowest BCUT2D eigenvalue weighted by Gasteiger charge is -2.12. The van der Waals surface area contributed by atoms with E-state index in [0.29, 0.717) is 6.54 Å². The minimum absolute atomic E-state index is 0.0473. The summed E-state index contributed by atoms with van der Waals surface area (Å²) in [5.74, 6) is 0.119. The molecule has 1 heterocycles. The Balaban J connectivity index is 2.04. The van der Waals surface area contributed by atoms with Gasteiger partial charge in [-0.15, -0.1) is 0 Å². The van der Waals surface area contributed by atoms with Crippen LogP contribution in [0.5, 0.6) is 11.5 Å². The highest BCUT2D eigenvalue weighted by Crippen LogP contribution is 2.23. The van der Waals surface area contributed by atoms with E-state index in [1.807, 2.05) is 20.8 Å². The summed E-state index contributed by atoms with van der Waals surface area (Å²) in [6, 6.07) is 3.77. The van der Waals surface area contributed by atoms with Gasteiger partial charge in [0.05, 0.1) is 5.69 Å². The van der Waals surface area contributed by atoms with Crippen molar-refractivity contribution in [2.45, 2.75) is 26.7 Å². The number of phenolic OH excluding ortho intramolecular Hbond substituents is 2. The second kappa shape index (κ2) is 5.87. The molecule has 0 aliphatic heterocycles. The van der Waals surface area contributed by atoms with Crippen LogP contribution in [0.2, 0.25) is 0 Å². The highest BCUT2D eigenvalue weighted by atomic mass is 16.5. The fourth-order valence-corrected chi connectivity index (χ4v) is 2.37. The molecule has 0 fully saturated rings. The quantitative estimate of drug-likeness (QED) is 0.802. The molecule has 2 aromatic rings. The van der Waals surface area contributed by atoms with E-state index in [1.54, 1.807) is 0 Å². The zero-order valence-electron chi connectivity index (χ0n) is 12.2. The molecule has 21 heavy (non-hydrogen) atoms. The summed E-state index contributed by atoms with van der Waals surface area (Å²) >= 11 is 0. The summed E-state index contributed by atoms with van der Waals surface area (Å²) in [7, 11) is 0. The summed E-state index contributed by atoms with van der Waals surface area (Å²) in [5, 5.41) is 25.4. The highest BCUT2D eigenvalue weighted by Gasteiger charge is 2.17. The van der Waals surface area contributed by atoms with Crippen molar-refractivity contribution in [3.05, 3.63) is 40.8 Å². The SMILES string of the molecule is Cc1noc(C)c1[C@H](C)CNC(=O)c1cc(O)cc(O)c1. The predicted octanol–water partition coefficient (Wildman–Crippen LogP) is 2.24. The molecule has 0 spiro atoms. The molecule has 0 aliphatic carbocycles. The Bertz CT molecular complexity index is 624. The van der Waals surface area contributed by atoms with Gasteiger partial charge in [-0.3, -0.25) is 4.79 Å². The van der Waals surface area contributed by atoms with Gasteiger partial charge in [-0.25, -0.2) is 0 Å². The number of phenols is 2. The second-order valence-corrected chi connectivity index (χ2v) is 5.09. The number of nitrogens with zero attached hydrogens (tertiary/aromatic N) is 1. The first kappa shape index (κ1) is 14.9. The van der Waals surface area contributed by atoms with Gasteiger partial charge in [0.1, 0.15) is 17.3 Å². The van der Waals surface area contributed by atoms with Crippen LogP contribution in [0.1, 0.15) is 40.2 Å². The molecule has 0 radical (unpaired) electrons. The van der Waals surface area contributed by atoms with Crippen molar-refractivity contribution < 1.29 is 19.5 Å². The van der Waals surface area contributed by atoms with Crippen molar-refractivity contribution in [2.24, 2.45) is 0 Å². The van der Waals surface area contributed by atoms with E-state index in [0.717, 1.165) is 17.0 Å². The molecule has 6 heteroatoms. The zero-order chi connectivity index (χ0) is 15.6. The number of carbonyl (C=O) groups is 1. The normalized spacial score (nSPS) is 12.1. The first-order chi connectivity index (χ1) is 9.88. The molecule has 0 bridgehead atoms. The van der Waals surface area contributed by atoms with Crippen LogP contribution in [0.4, 0.5) is 0 Å². The first-order valence-electron chi connectivity index (χ1n) is 6.62. The van der Waals surface area contributed by atoms with E-state index in [4.69, 9.17) is 4.52 Å². The Labute approximate surface area is 122 Å². The number of aromatic nitrogens is 1. The number of hydrogen-bond acceptors (Lipinski definition) is 5. The second-order valence-electron chi connectivity index (χ2n) is 5.09. The molecular formula is C15H18N2O4. The Kier molecular flexibility index (Phi) is 4.16. The van der Waals surface area contributed by atoms with Gasteiger partial charge in [-0.05, 0) is 26.0 Å². The van der Waals surface area contributed by atoms with Crippen LogP contribution in [-0.2, 0) is 0 Å². The molecule has 1 aromatic heterocycles. The van der Waals surface area contributed by atoms with E-state index in [2.05, 4.69) is 10.5 Å². The van der Waals surface area contributed by atoms with Crippen molar-refractivity contribution in [3.8, 4) is 11.5 Å². The molecule has 1 atom stereocenters. The molecule has 0 saturated carbocycles. The third kappa shape index (κ3) is 3.34. The first-order valence-corrected chi connectivity index (χ1v) is 6.62. The summed E-state index contributed by atoms with van der Waals surface area (Å²) in [4.78, 5) is 12.0. The summed E-state index contributed by atoms with van der Waals surface area (Å²) in [6.07, 6.45) is 0. The molecule has 1 aromatic carbocycles. The number of hydrogen-bond donors (Lipinski definition) is 3. The van der Waals surface area contributed by atoms with E-state index in [1.165, 1.54) is 18.2 Å². The van der Waals surface area contributed by atoms with Gasteiger partial charge in [-0.1, -0.05) is 12.1 Å². The highest BCUT2D eigenvalue weighted by molar-refractivity contribution is 5.95. The van der Waals surface area contributed by atoms with Crippen LogP contribution in [0.15, 0.2) is 22.7 Å². The average molecular weight is 290 g/mol. The topological polar surface area (TPSA) is 95.6 Å². The van der Waals surface area contributed by atoms with Crippen molar-refractivity contribution >= 4 is 5.91 Å². The number of rotatable bonds is 4. The van der Waals surface area contributed by atoms with Gasteiger partial charge in [-0.2, -0.15) is 0 Å². The standard InChI is InChI=1S/C15H18N2O4/c1-8(14-9(2)17-21-10(14)3)7-16-15(20)11-4-12(18)6-13(19)5-11/h4-6,8,18-19H,7H2,1-3H3,(H,16,20)/t8-/m1/s1. The number of aromatic hydroxyl groups is 2. The lowest BCUT2D eigenvalue weighted by Crippen LogP contribution is -2.27. The van der Waals surface area contributed by atoms with E-state index in [9.17, 15) is 15.0 Å². The molecule has 0 unspecified atom stereocenters. The fraction of sp³-hybridized carbons (Fsp3) is 0.333. The number of carbonyl (C=O) groups excluding carboxylic acids is 1. The minimum atomic E-state index is -0.361.